The zero-order valence-electron chi connectivity index (χ0n) is 13.2. The number of rotatable bonds is 2. The number of hydrogen-bond acceptors (Lipinski definition) is 5. The van der Waals surface area contributed by atoms with Crippen molar-refractivity contribution in [3.05, 3.63) is 97.3 Å². The molecule has 1 aliphatic rings. The number of fused-ring (bicyclic) bond motifs is 1. The molecule has 3 aromatic rings. The van der Waals surface area contributed by atoms with Crippen molar-refractivity contribution in [1.82, 2.24) is 9.55 Å². The summed E-state index contributed by atoms with van der Waals surface area (Å²) in [5.74, 6) is -0.857. The molecule has 7 nitrogen and oxygen atoms in total. The van der Waals surface area contributed by atoms with Crippen LogP contribution >= 0.6 is 0 Å². The van der Waals surface area contributed by atoms with E-state index in [0.717, 1.165) is 16.7 Å². The number of benzene rings is 2. The molecule has 2 aromatic carbocycles. The van der Waals surface area contributed by atoms with Crippen molar-refractivity contribution in [2.75, 3.05) is 0 Å². The van der Waals surface area contributed by atoms with Gasteiger partial charge in [0.05, 0.1) is 16.4 Å². The van der Waals surface area contributed by atoms with Gasteiger partial charge in [-0.1, -0.05) is 12.1 Å². The minimum Gasteiger partial charge on any atom is -0.494 e. The van der Waals surface area contributed by atoms with E-state index in [4.69, 9.17) is 0 Å². The van der Waals surface area contributed by atoms with E-state index in [1.807, 2.05) is 0 Å². The van der Waals surface area contributed by atoms with Crippen molar-refractivity contribution >= 4 is 6.08 Å². The van der Waals surface area contributed by atoms with Gasteiger partial charge in [0.1, 0.15) is 11.4 Å². The average Bonchev–Trinajstić information content (AvgIpc) is 3.03. The van der Waals surface area contributed by atoms with Crippen LogP contribution in [0, 0.1) is 5.82 Å². The number of aromatic amines is 1. The Morgan fingerprint density at radius 1 is 1.00 bits per heavy atom. The highest BCUT2D eigenvalue weighted by atomic mass is 19.1. The normalized spacial score (nSPS) is 12.3. The van der Waals surface area contributed by atoms with Crippen LogP contribution in [0.1, 0.15) is 5.56 Å². The summed E-state index contributed by atoms with van der Waals surface area (Å²) < 4.78 is 14.0. The number of halogens is 1. The van der Waals surface area contributed by atoms with E-state index in [2.05, 4.69) is 15.0 Å². The van der Waals surface area contributed by atoms with E-state index < -0.39 is 22.9 Å². The molecule has 1 aliphatic heterocycles. The van der Waals surface area contributed by atoms with Gasteiger partial charge in [-0.25, -0.2) is 23.7 Å². The van der Waals surface area contributed by atoms with Crippen LogP contribution < -0.4 is 22.0 Å². The van der Waals surface area contributed by atoms with E-state index in [9.17, 15) is 19.1 Å². The SMILES string of the molecule is O=c1[nH]c(=O)n(-c2ccc(F)cc2)c(O)c1C=C1N=c2ccccc2=N1. The lowest BCUT2D eigenvalue weighted by atomic mass is 10.2. The summed E-state index contributed by atoms with van der Waals surface area (Å²) in [4.78, 5) is 34.9. The molecule has 1 aromatic heterocycles. The quantitative estimate of drug-likeness (QED) is 0.709. The Labute approximate surface area is 144 Å². The summed E-state index contributed by atoms with van der Waals surface area (Å²) in [6.45, 7) is 0. The van der Waals surface area contributed by atoms with Gasteiger partial charge in [0, 0.05) is 6.08 Å². The largest absolute Gasteiger partial charge is 0.494 e. The summed E-state index contributed by atoms with van der Waals surface area (Å²) in [6, 6.07) is 12.1. The van der Waals surface area contributed by atoms with Crippen molar-refractivity contribution in [2.45, 2.75) is 0 Å². The van der Waals surface area contributed by atoms with E-state index >= 15 is 0 Å². The van der Waals surface area contributed by atoms with Gasteiger partial charge in [-0.15, -0.1) is 0 Å². The van der Waals surface area contributed by atoms with E-state index in [0.29, 0.717) is 10.7 Å². The number of para-hydroxylation sites is 2. The lowest BCUT2D eigenvalue weighted by Crippen LogP contribution is -2.30. The minimum absolute atomic E-state index is 0.177. The molecule has 4 rings (SSSR count). The van der Waals surface area contributed by atoms with E-state index in [1.54, 1.807) is 24.3 Å². The van der Waals surface area contributed by atoms with Crippen LogP contribution in [0.25, 0.3) is 11.8 Å². The highest BCUT2D eigenvalue weighted by Gasteiger charge is 2.15. The minimum atomic E-state index is -0.843. The molecule has 2 N–H and O–H groups in total. The molecule has 0 saturated carbocycles. The maximum absolute atomic E-state index is 13.1. The first-order valence-electron chi connectivity index (χ1n) is 7.61. The Hall–Kier alpha value is -3.81. The molecule has 0 amide bonds. The zero-order chi connectivity index (χ0) is 18.3. The van der Waals surface area contributed by atoms with Gasteiger partial charge in [-0.3, -0.25) is 9.78 Å². The maximum atomic E-state index is 13.1. The van der Waals surface area contributed by atoms with Gasteiger partial charge in [0.15, 0.2) is 5.82 Å². The van der Waals surface area contributed by atoms with Crippen molar-refractivity contribution in [2.24, 2.45) is 9.98 Å². The van der Waals surface area contributed by atoms with Crippen molar-refractivity contribution < 1.29 is 9.50 Å². The maximum Gasteiger partial charge on any atom is 0.335 e. The molecular formula is C18H11FN4O3. The van der Waals surface area contributed by atoms with Crippen LogP contribution in [0.5, 0.6) is 5.88 Å². The predicted octanol–water partition coefficient (Wildman–Crippen LogP) is 0.622. The number of H-pyrrole nitrogens is 1. The number of nitrogens with one attached hydrogen (secondary N) is 1. The molecule has 0 saturated heterocycles. The van der Waals surface area contributed by atoms with Crippen LogP contribution in [0.3, 0.4) is 0 Å². The fourth-order valence-corrected chi connectivity index (χ4v) is 2.62. The van der Waals surface area contributed by atoms with Crippen molar-refractivity contribution in [1.29, 1.82) is 0 Å². The average molecular weight is 350 g/mol. The Bertz CT molecular complexity index is 1250. The third-order valence-electron chi connectivity index (χ3n) is 3.83. The second-order valence-corrected chi connectivity index (χ2v) is 5.52. The van der Waals surface area contributed by atoms with E-state index in [-0.39, 0.29) is 17.1 Å². The van der Waals surface area contributed by atoms with Crippen molar-refractivity contribution in [3.63, 3.8) is 0 Å². The molecule has 0 fully saturated rings. The molecule has 128 valence electrons. The molecular weight excluding hydrogens is 339 g/mol. The molecule has 0 unspecified atom stereocenters. The smallest absolute Gasteiger partial charge is 0.335 e. The molecule has 26 heavy (non-hydrogen) atoms. The van der Waals surface area contributed by atoms with E-state index in [1.165, 1.54) is 18.2 Å². The summed E-state index contributed by atoms with van der Waals surface area (Å²) >= 11 is 0. The number of hydrogen-bond donors (Lipinski definition) is 2. The fraction of sp³-hybridized carbons (Fsp3) is 0. The highest BCUT2D eigenvalue weighted by molar-refractivity contribution is 5.58. The molecule has 0 spiro atoms. The van der Waals surface area contributed by atoms with Gasteiger partial charge in [0.25, 0.3) is 5.56 Å². The number of aromatic nitrogens is 2. The molecule has 0 atom stereocenters. The van der Waals surface area contributed by atoms with Crippen LogP contribution in [-0.2, 0) is 0 Å². The first kappa shape index (κ1) is 15.7. The topological polar surface area (TPSA) is 99.8 Å². The van der Waals surface area contributed by atoms with Gasteiger partial charge in [-0.2, -0.15) is 0 Å². The molecule has 2 heterocycles. The monoisotopic (exact) mass is 350 g/mol. The first-order chi connectivity index (χ1) is 12.5. The van der Waals surface area contributed by atoms with Crippen LogP contribution in [0.15, 0.2) is 73.9 Å². The second kappa shape index (κ2) is 5.92. The van der Waals surface area contributed by atoms with Crippen LogP contribution in [0.2, 0.25) is 0 Å². The lowest BCUT2D eigenvalue weighted by molar-refractivity contribution is 0.429. The summed E-state index contributed by atoms with van der Waals surface area (Å²) in [7, 11) is 0. The van der Waals surface area contributed by atoms with Gasteiger partial charge >= 0.3 is 5.69 Å². The molecule has 8 heteroatoms. The van der Waals surface area contributed by atoms with Crippen molar-refractivity contribution in [3.8, 4) is 11.6 Å². The van der Waals surface area contributed by atoms with Gasteiger partial charge in [0.2, 0.25) is 5.88 Å². The summed E-state index contributed by atoms with van der Waals surface area (Å²) in [5, 5.41) is 11.8. The Morgan fingerprint density at radius 2 is 1.62 bits per heavy atom. The molecule has 0 radical (unpaired) electrons. The first-order valence-corrected chi connectivity index (χ1v) is 7.61. The number of aromatic hydroxyl groups is 1. The standard InChI is InChI=1S/C18H11FN4O3/c19-10-5-7-11(8-6-10)23-17(25)12(16(24)22-18(23)26)9-15-20-13-3-1-2-4-14(13)21-15/h1-9,25H,(H,22,24,26). The Kier molecular flexibility index (Phi) is 3.58. The highest BCUT2D eigenvalue weighted by Crippen LogP contribution is 2.19. The predicted molar refractivity (Wildman–Crippen MR) is 91.0 cm³/mol. The third-order valence-corrected chi connectivity index (χ3v) is 3.83. The number of nitrogens with zero attached hydrogens (tertiary/aromatic N) is 3. The zero-order valence-corrected chi connectivity index (χ0v) is 13.2. The summed E-state index contributed by atoms with van der Waals surface area (Å²) in [6.07, 6.45) is 1.29. The summed E-state index contributed by atoms with van der Waals surface area (Å²) in [5.41, 5.74) is -1.60. The third kappa shape index (κ3) is 2.63. The Balaban J connectivity index is 1.91. The van der Waals surface area contributed by atoms with Gasteiger partial charge in [-0.05, 0) is 36.4 Å². The second-order valence-electron chi connectivity index (χ2n) is 5.52. The van der Waals surface area contributed by atoms with Gasteiger partial charge < -0.3 is 5.11 Å². The molecule has 0 aliphatic carbocycles. The van der Waals surface area contributed by atoms with Crippen LogP contribution in [-0.4, -0.2) is 14.7 Å². The lowest BCUT2D eigenvalue weighted by Gasteiger charge is -2.09. The van der Waals surface area contributed by atoms with Crippen LogP contribution in [0.4, 0.5) is 4.39 Å². The Morgan fingerprint density at radius 3 is 2.23 bits per heavy atom. The fourth-order valence-electron chi connectivity index (χ4n) is 2.62. The molecule has 0 bridgehead atoms.